The molecule has 0 radical (unpaired) electrons. The number of rotatable bonds is 7. The lowest BCUT2D eigenvalue weighted by Crippen LogP contribution is -2.32. The van der Waals surface area contributed by atoms with Crippen LogP contribution in [0.5, 0.6) is 0 Å². The largest absolute Gasteiger partial charge is 0.350 e. The zero-order valence-corrected chi connectivity index (χ0v) is 12.8. The molecule has 1 heterocycles. The molecule has 3 nitrogen and oxygen atoms in total. The van der Waals surface area contributed by atoms with Crippen LogP contribution in [0.4, 0.5) is 0 Å². The van der Waals surface area contributed by atoms with Crippen molar-refractivity contribution in [2.75, 3.05) is 0 Å². The SMILES string of the molecule is CCCCCCC(C)NC(=O)c1cc(C)nc(Cl)c1. The van der Waals surface area contributed by atoms with E-state index in [0.717, 1.165) is 18.5 Å². The molecule has 0 saturated heterocycles. The Balaban J connectivity index is 2.45. The van der Waals surface area contributed by atoms with Gasteiger partial charge in [-0.15, -0.1) is 0 Å². The first-order valence-corrected chi connectivity index (χ1v) is 7.35. The molecule has 0 fully saturated rings. The van der Waals surface area contributed by atoms with E-state index in [-0.39, 0.29) is 11.9 Å². The van der Waals surface area contributed by atoms with Crippen molar-refractivity contribution in [3.63, 3.8) is 0 Å². The second kappa shape index (κ2) is 8.16. The first-order chi connectivity index (χ1) is 9.02. The molecule has 106 valence electrons. The van der Waals surface area contributed by atoms with E-state index in [9.17, 15) is 4.79 Å². The van der Waals surface area contributed by atoms with Crippen LogP contribution in [0.1, 0.15) is 62.0 Å². The lowest BCUT2D eigenvalue weighted by atomic mass is 10.1. The van der Waals surface area contributed by atoms with Gasteiger partial charge >= 0.3 is 0 Å². The first kappa shape index (κ1) is 16.0. The van der Waals surface area contributed by atoms with Crippen LogP contribution in [0.2, 0.25) is 5.15 Å². The molecule has 0 aliphatic rings. The maximum atomic E-state index is 12.1. The summed E-state index contributed by atoms with van der Waals surface area (Å²) in [5.74, 6) is -0.0737. The summed E-state index contributed by atoms with van der Waals surface area (Å²) in [6, 6.07) is 3.55. The molecule has 1 unspecified atom stereocenters. The Bertz CT molecular complexity index is 400. The summed E-state index contributed by atoms with van der Waals surface area (Å²) in [7, 11) is 0. The maximum Gasteiger partial charge on any atom is 0.251 e. The predicted molar refractivity (Wildman–Crippen MR) is 79.7 cm³/mol. The van der Waals surface area contributed by atoms with E-state index in [4.69, 9.17) is 11.6 Å². The number of hydrogen-bond acceptors (Lipinski definition) is 2. The number of nitrogens with zero attached hydrogens (tertiary/aromatic N) is 1. The van der Waals surface area contributed by atoms with Gasteiger partial charge in [0.2, 0.25) is 0 Å². The van der Waals surface area contributed by atoms with E-state index in [1.54, 1.807) is 12.1 Å². The van der Waals surface area contributed by atoms with E-state index in [2.05, 4.69) is 17.2 Å². The van der Waals surface area contributed by atoms with Gasteiger partial charge in [-0.1, -0.05) is 44.2 Å². The van der Waals surface area contributed by atoms with E-state index < -0.39 is 0 Å². The van der Waals surface area contributed by atoms with E-state index in [1.165, 1.54) is 19.3 Å². The molecular formula is C15H23ClN2O. The number of halogens is 1. The van der Waals surface area contributed by atoms with Gasteiger partial charge in [0.15, 0.2) is 0 Å². The maximum absolute atomic E-state index is 12.1. The van der Waals surface area contributed by atoms with Crippen LogP contribution in [0.25, 0.3) is 0 Å². The normalized spacial score (nSPS) is 12.2. The summed E-state index contributed by atoms with van der Waals surface area (Å²) in [5.41, 5.74) is 1.34. The third-order valence-electron chi connectivity index (χ3n) is 3.05. The second-order valence-corrected chi connectivity index (χ2v) is 5.43. The number of aromatic nitrogens is 1. The van der Waals surface area contributed by atoms with Gasteiger partial charge in [-0.05, 0) is 32.4 Å². The monoisotopic (exact) mass is 282 g/mol. The van der Waals surface area contributed by atoms with Gasteiger partial charge < -0.3 is 5.32 Å². The molecule has 19 heavy (non-hydrogen) atoms. The van der Waals surface area contributed by atoms with Crippen molar-refractivity contribution in [2.24, 2.45) is 0 Å². The van der Waals surface area contributed by atoms with Crippen LogP contribution in [0, 0.1) is 6.92 Å². The van der Waals surface area contributed by atoms with Crippen LogP contribution >= 0.6 is 11.6 Å². The fourth-order valence-corrected chi connectivity index (χ4v) is 2.27. The minimum absolute atomic E-state index is 0.0737. The standard InChI is InChI=1S/C15H23ClN2O/c1-4-5-6-7-8-11(2)18-15(19)13-9-12(3)17-14(16)10-13/h9-11H,4-8H2,1-3H3,(H,18,19). The molecule has 0 aliphatic heterocycles. The summed E-state index contributed by atoms with van der Waals surface area (Å²) in [6.07, 6.45) is 5.90. The summed E-state index contributed by atoms with van der Waals surface area (Å²) in [5, 5.41) is 3.36. The molecule has 1 aromatic rings. The average molecular weight is 283 g/mol. The summed E-state index contributed by atoms with van der Waals surface area (Å²) < 4.78 is 0. The first-order valence-electron chi connectivity index (χ1n) is 6.98. The molecule has 1 N–H and O–H groups in total. The molecule has 1 amide bonds. The van der Waals surface area contributed by atoms with Crippen LogP contribution in [0.15, 0.2) is 12.1 Å². The summed E-state index contributed by atoms with van der Waals surface area (Å²) in [6.45, 7) is 6.07. The molecule has 1 atom stereocenters. The van der Waals surface area contributed by atoms with Crippen LogP contribution in [-0.2, 0) is 0 Å². The molecule has 0 aromatic carbocycles. The Labute approximate surface area is 120 Å². The average Bonchev–Trinajstić information content (AvgIpc) is 2.33. The number of aryl methyl sites for hydroxylation is 1. The predicted octanol–water partition coefficient (Wildman–Crippen LogP) is 4.13. The Morgan fingerprint density at radius 3 is 2.74 bits per heavy atom. The van der Waals surface area contributed by atoms with Crippen molar-refractivity contribution in [2.45, 2.75) is 58.9 Å². The van der Waals surface area contributed by atoms with Crippen LogP contribution in [0.3, 0.4) is 0 Å². The zero-order valence-electron chi connectivity index (χ0n) is 12.0. The van der Waals surface area contributed by atoms with Crippen molar-refractivity contribution in [3.05, 3.63) is 28.5 Å². The third-order valence-corrected chi connectivity index (χ3v) is 3.25. The number of hydrogen-bond donors (Lipinski definition) is 1. The Morgan fingerprint density at radius 2 is 2.11 bits per heavy atom. The highest BCUT2D eigenvalue weighted by molar-refractivity contribution is 6.29. The van der Waals surface area contributed by atoms with Gasteiger partial charge in [-0.2, -0.15) is 0 Å². The van der Waals surface area contributed by atoms with Gasteiger partial charge in [0.1, 0.15) is 5.15 Å². The van der Waals surface area contributed by atoms with Gasteiger partial charge in [0.25, 0.3) is 5.91 Å². The number of unbranched alkanes of at least 4 members (excludes halogenated alkanes) is 3. The topological polar surface area (TPSA) is 42.0 Å². The molecule has 0 aliphatic carbocycles. The number of amides is 1. The van der Waals surface area contributed by atoms with Crippen LogP contribution in [-0.4, -0.2) is 16.9 Å². The number of carbonyl (C=O) groups is 1. The highest BCUT2D eigenvalue weighted by Crippen LogP contribution is 2.11. The van der Waals surface area contributed by atoms with Gasteiger partial charge in [0.05, 0.1) is 0 Å². The Hall–Kier alpha value is -1.09. The summed E-state index contributed by atoms with van der Waals surface area (Å²) >= 11 is 5.86. The van der Waals surface area contributed by atoms with Gasteiger partial charge in [-0.25, -0.2) is 4.98 Å². The third kappa shape index (κ3) is 6.06. The highest BCUT2D eigenvalue weighted by Gasteiger charge is 2.11. The molecule has 0 spiro atoms. The Kier molecular flexibility index (Phi) is 6.85. The van der Waals surface area contributed by atoms with Crippen molar-refractivity contribution in [1.82, 2.24) is 10.3 Å². The smallest absolute Gasteiger partial charge is 0.251 e. The van der Waals surface area contributed by atoms with Crippen LogP contribution < -0.4 is 5.32 Å². The molecule has 1 rings (SSSR count). The fraction of sp³-hybridized carbons (Fsp3) is 0.600. The van der Waals surface area contributed by atoms with E-state index in [0.29, 0.717) is 10.7 Å². The minimum atomic E-state index is -0.0737. The highest BCUT2D eigenvalue weighted by atomic mass is 35.5. The number of nitrogens with one attached hydrogen (secondary N) is 1. The van der Waals surface area contributed by atoms with Crippen molar-refractivity contribution in [3.8, 4) is 0 Å². The summed E-state index contributed by atoms with van der Waals surface area (Å²) in [4.78, 5) is 16.1. The van der Waals surface area contributed by atoms with Gasteiger partial charge in [-0.3, -0.25) is 4.79 Å². The molecule has 0 saturated carbocycles. The van der Waals surface area contributed by atoms with Crippen molar-refractivity contribution >= 4 is 17.5 Å². The molecular weight excluding hydrogens is 260 g/mol. The lowest BCUT2D eigenvalue weighted by Gasteiger charge is -2.14. The minimum Gasteiger partial charge on any atom is -0.350 e. The molecule has 4 heteroatoms. The zero-order chi connectivity index (χ0) is 14.3. The van der Waals surface area contributed by atoms with Gasteiger partial charge in [0, 0.05) is 17.3 Å². The number of carbonyl (C=O) groups excluding carboxylic acids is 1. The Morgan fingerprint density at radius 1 is 1.37 bits per heavy atom. The number of pyridine rings is 1. The second-order valence-electron chi connectivity index (χ2n) is 5.04. The molecule has 1 aromatic heterocycles. The van der Waals surface area contributed by atoms with E-state index >= 15 is 0 Å². The molecule has 0 bridgehead atoms. The lowest BCUT2D eigenvalue weighted by molar-refractivity contribution is 0.0937. The van der Waals surface area contributed by atoms with Crippen molar-refractivity contribution < 1.29 is 4.79 Å². The van der Waals surface area contributed by atoms with E-state index in [1.807, 2.05) is 13.8 Å². The quantitative estimate of drug-likeness (QED) is 0.603. The van der Waals surface area contributed by atoms with Crippen molar-refractivity contribution in [1.29, 1.82) is 0 Å². The fourth-order valence-electron chi connectivity index (χ4n) is 2.02.